The fourth-order valence-electron chi connectivity index (χ4n) is 2.81. The molecule has 1 heterocycles. The van der Waals surface area contributed by atoms with E-state index >= 15 is 0 Å². The van der Waals surface area contributed by atoms with Gasteiger partial charge in [-0.25, -0.2) is 8.42 Å². The molecule has 0 aromatic heterocycles. The van der Waals surface area contributed by atoms with Gasteiger partial charge in [-0.2, -0.15) is 4.31 Å². The summed E-state index contributed by atoms with van der Waals surface area (Å²) < 4.78 is 27.2. The highest BCUT2D eigenvalue weighted by Gasteiger charge is 2.35. The van der Waals surface area contributed by atoms with Gasteiger partial charge < -0.3 is 10.2 Å². The van der Waals surface area contributed by atoms with Gasteiger partial charge in [0.1, 0.15) is 0 Å². The van der Waals surface area contributed by atoms with Crippen LogP contribution in [-0.2, 0) is 10.0 Å². The molecule has 1 aliphatic rings. The van der Waals surface area contributed by atoms with Crippen LogP contribution in [0.3, 0.4) is 0 Å². The summed E-state index contributed by atoms with van der Waals surface area (Å²) in [6.45, 7) is 4.23. The number of hydrogen-bond acceptors (Lipinski definition) is 4. The standard InChI is InChI=1S/C15H25N3O2S/c1-4-16-13-7-9-15(10-8-13)21(19,20)18-11-5-6-14(18)12-17(2)3/h7-10,14,16H,4-6,11-12H2,1-3H3. The van der Waals surface area contributed by atoms with Crippen LogP contribution >= 0.6 is 0 Å². The first-order valence-corrected chi connectivity index (χ1v) is 8.89. The lowest BCUT2D eigenvalue weighted by Crippen LogP contribution is -2.41. The van der Waals surface area contributed by atoms with E-state index in [1.165, 1.54) is 0 Å². The Labute approximate surface area is 128 Å². The van der Waals surface area contributed by atoms with Gasteiger partial charge in [-0.3, -0.25) is 0 Å². The summed E-state index contributed by atoms with van der Waals surface area (Å²) in [5.74, 6) is 0. The molecule has 0 spiro atoms. The van der Waals surface area contributed by atoms with Crippen LogP contribution in [0.5, 0.6) is 0 Å². The number of benzene rings is 1. The molecule has 0 aliphatic carbocycles. The molecule has 1 atom stereocenters. The summed E-state index contributed by atoms with van der Waals surface area (Å²) in [4.78, 5) is 2.43. The molecule has 0 radical (unpaired) electrons. The zero-order valence-corrected chi connectivity index (χ0v) is 13.9. The molecule has 1 aliphatic heterocycles. The second kappa shape index (κ2) is 6.77. The molecule has 1 aromatic carbocycles. The predicted octanol–water partition coefficient (Wildman–Crippen LogP) is 1.83. The Balaban J connectivity index is 2.20. The molecule has 0 amide bonds. The lowest BCUT2D eigenvalue weighted by Gasteiger charge is -2.26. The van der Waals surface area contributed by atoms with E-state index in [9.17, 15) is 8.42 Å². The minimum absolute atomic E-state index is 0.0819. The minimum Gasteiger partial charge on any atom is -0.385 e. The van der Waals surface area contributed by atoms with E-state index in [1.807, 2.05) is 38.1 Å². The highest BCUT2D eigenvalue weighted by molar-refractivity contribution is 7.89. The van der Waals surface area contributed by atoms with Crippen LogP contribution in [-0.4, -0.2) is 57.4 Å². The lowest BCUT2D eigenvalue weighted by molar-refractivity contribution is 0.291. The summed E-state index contributed by atoms with van der Waals surface area (Å²) in [5, 5.41) is 3.18. The molecule has 1 fully saturated rings. The van der Waals surface area contributed by atoms with Crippen molar-refractivity contribution in [3.63, 3.8) is 0 Å². The average Bonchev–Trinajstić information content (AvgIpc) is 2.88. The second-order valence-electron chi connectivity index (χ2n) is 5.73. The molecule has 2 rings (SSSR count). The number of sulfonamides is 1. The Morgan fingerprint density at radius 2 is 1.95 bits per heavy atom. The van der Waals surface area contributed by atoms with E-state index in [0.717, 1.165) is 31.6 Å². The van der Waals surface area contributed by atoms with Gasteiger partial charge in [-0.1, -0.05) is 0 Å². The van der Waals surface area contributed by atoms with Crippen molar-refractivity contribution in [2.24, 2.45) is 0 Å². The zero-order chi connectivity index (χ0) is 15.5. The summed E-state index contributed by atoms with van der Waals surface area (Å²) in [6, 6.07) is 7.12. The van der Waals surface area contributed by atoms with E-state index in [-0.39, 0.29) is 6.04 Å². The van der Waals surface area contributed by atoms with Crippen LogP contribution in [0.4, 0.5) is 5.69 Å². The van der Waals surface area contributed by atoms with Gasteiger partial charge in [0.2, 0.25) is 10.0 Å². The molecule has 1 N–H and O–H groups in total. The lowest BCUT2D eigenvalue weighted by atomic mass is 10.2. The Morgan fingerprint density at radius 3 is 2.52 bits per heavy atom. The molecule has 118 valence electrons. The maximum absolute atomic E-state index is 12.8. The van der Waals surface area contributed by atoms with Crippen molar-refractivity contribution in [1.29, 1.82) is 0 Å². The maximum Gasteiger partial charge on any atom is 0.243 e. The van der Waals surface area contributed by atoms with Crippen LogP contribution in [0.15, 0.2) is 29.2 Å². The number of likely N-dealkylation sites (N-methyl/N-ethyl adjacent to an activating group) is 1. The number of hydrogen-bond donors (Lipinski definition) is 1. The topological polar surface area (TPSA) is 52.7 Å². The Bertz CT molecular complexity index is 555. The number of rotatable bonds is 6. The highest BCUT2D eigenvalue weighted by Crippen LogP contribution is 2.27. The normalized spacial score (nSPS) is 20.1. The maximum atomic E-state index is 12.8. The molecule has 6 heteroatoms. The van der Waals surface area contributed by atoms with Crippen molar-refractivity contribution in [3.05, 3.63) is 24.3 Å². The van der Waals surface area contributed by atoms with Crippen LogP contribution in [0.25, 0.3) is 0 Å². The van der Waals surface area contributed by atoms with E-state index < -0.39 is 10.0 Å². The summed E-state index contributed by atoms with van der Waals surface area (Å²) in [5.41, 5.74) is 0.947. The minimum atomic E-state index is -3.39. The average molecular weight is 311 g/mol. The van der Waals surface area contributed by atoms with Crippen molar-refractivity contribution in [3.8, 4) is 0 Å². The van der Waals surface area contributed by atoms with Crippen molar-refractivity contribution in [1.82, 2.24) is 9.21 Å². The van der Waals surface area contributed by atoms with Gasteiger partial charge in [0.15, 0.2) is 0 Å². The van der Waals surface area contributed by atoms with Crippen LogP contribution in [0.1, 0.15) is 19.8 Å². The Kier molecular flexibility index (Phi) is 5.24. The molecule has 21 heavy (non-hydrogen) atoms. The first-order chi connectivity index (χ1) is 9.95. The first-order valence-electron chi connectivity index (χ1n) is 7.45. The number of nitrogens with zero attached hydrogens (tertiary/aromatic N) is 2. The molecule has 1 unspecified atom stereocenters. The zero-order valence-electron chi connectivity index (χ0n) is 13.0. The molecule has 0 saturated carbocycles. The van der Waals surface area contributed by atoms with Crippen molar-refractivity contribution in [2.45, 2.75) is 30.7 Å². The van der Waals surface area contributed by atoms with E-state index in [4.69, 9.17) is 0 Å². The summed E-state index contributed by atoms with van der Waals surface area (Å²) >= 11 is 0. The number of anilines is 1. The van der Waals surface area contributed by atoms with E-state index in [0.29, 0.717) is 11.4 Å². The molecule has 5 nitrogen and oxygen atoms in total. The fraction of sp³-hybridized carbons (Fsp3) is 0.600. The molecule has 1 aromatic rings. The van der Waals surface area contributed by atoms with Gasteiger partial charge in [0, 0.05) is 31.4 Å². The quantitative estimate of drug-likeness (QED) is 0.871. The van der Waals surface area contributed by atoms with Gasteiger partial charge in [0.05, 0.1) is 4.90 Å². The molecular formula is C15H25N3O2S. The van der Waals surface area contributed by atoms with Crippen LogP contribution in [0.2, 0.25) is 0 Å². The van der Waals surface area contributed by atoms with Crippen molar-refractivity contribution in [2.75, 3.05) is 39.0 Å². The highest BCUT2D eigenvalue weighted by atomic mass is 32.2. The van der Waals surface area contributed by atoms with Crippen molar-refractivity contribution < 1.29 is 8.42 Å². The second-order valence-corrected chi connectivity index (χ2v) is 7.62. The third-order valence-corrected chi connectivity index (χ3v) is 5.71. The summed E-state index contributed by atoms with van der Waals surface area (Å²) in [6.07, 6.45) is 1.88. The number of nitrogens with one attached hydrogen (secondary N) is 1. The van der Waals surface area contributed by atoms with E-state index in [2.05, 4.69) is 5.32 Å². The van der Waals surface area contributed by atoms with Gasteiger partial charge in [-0.15, -0.1) is 0 Å². The molecule has 0 bridgehead atoms. The van der Waals surface area contributed by atoms with Crippen LogP contribution < -0.4 is 5.32 Å². The van der Waals surface area contributed by atoms with Crippen LogP contribution in [0, 0.1) is 0 Å². The first kappa shape index (κ1) is 16.3. The largest absolute Gasteiger partial charge is 0.385 e. The van der Waals surface area contributed by atoms with Gasteiger partial charge in [-0.05, 0) is 58.1 Å². The smallest absolute Gasteiger partial charge is 0.243 e. The predicted molar refractivity (Wildman–Crippen MR) is 86.1 cm³/mol. The van der Waals surface area contributed by atoms with Gasteiger partial charge >= 0.3 is 0 Å². The Morgan fingerprint density at radius 1 is 1.29 bits per heavy atom. The third kappa shape index (κ3) is 3.75. The fourth-order valence-corrected chi connectivity index (χ4v) is 4.50. The SMILES string of the molecule is CCNc1ccc(S(=O)(=O)N2CCCC2CN(C)C)cc1. The van der Waals surface area contributed by atoms with E-state index in [1.54, 1.807) is 16.4 Å². The monoisotopic (exact) mass is 311 g/mol. The third-order valence-electron chi connectivity index (χ3n) is 3.74. The van der Waals surface area contributed by atoms with Gasteiger partial charge in [0.25, 0.3) is 0 Å². The van der Waals surface area contributed by atoms with Crippen molar-refractivity contribution >= 4 is 15.7 Å². The molecular weight excluding hydrogens is 286 g/mol. The summed E-state index contributed by atoms with van der Waals surface area (Å²) in [7, 11) is 0.575. The Hall–Kier alpha value is -1.11. The molecule has 1 saturated heterocycles.